The Bertz CT molecular complexity index is 892. The van der Waals surface area contributed by atoms with Crippen molar-refractivity contribution in [3.8, 4) is 71.5 Å². The summed E-state index contributed by atoms with van der Waals surface area (Å²) in [7, 11) is 0. The minimum atomic E-state index is -0.186. The average Bonchev–Trinajstić information content (AvgIpc) is 2.90. The molecule has 1 heterocycles. The highest BCUT2D eigenvalue weighted by Crippen LogP contribution is 2.19. The van der Waals surface area contributed by atoms with Gasteiger partial charge < -0.3 is 0 Å². The molecule has 0 aliphatic carbocycles. The Morgan fingerprint density at radius 1 is 0.846 bits per heavy atom. The summed E-state index contributed by atoms with van der Waals surface area (Å²) in [5, 5.41) is 0. The van der Waals surface area contributed by atoms with E-state index in [1.54, 1.807) is 6.92 Å². The molecule has 2 amide bonds. The van der Waals surface area contributed by atoms with E-state index < -0.39 is 0 Å². The van der Waals surface area contributed by atoms with Gasteiger partial charge in [-0.2, -0.15) is 0 Å². The van der Waals surface area contributed by atoms with Gasteiger partial charge in [0.05, 0.1) is 0 Å². The zero-order chi connectivity index (χ0) is 19.8. The van der Waals surface area contributed by atoms with E-state index in [-0.39, 0.29) is 17.2 Å². The number of rotatable bonds is 2. The Balaban J connectivity index is 0.000000481. The molecule has 0 saturated heterocycles. The van der Waals surface area contributed by atoms with E-state index in [0.717, 1.165) is 6.42 Å². The topological polar surface area (TPSA) is 37.4 Å². The van der Waals surface area contributed by atoms with E-state index in [2.05, 4.69) is 85.9 Å². The highest BCUT2D eigenvalue weighted by Gasteiger charge is 2.24. The Hall–Kier alpha value is -3.76. The lowest BCUT2D eigenvalue weighted by molar-refractivity contribution is -0.137. The monoisotopic (exact) mass is 341 g/mol. The highest BCUT2D eigenvalue weighted by molar-refractivity contribution is 6.12. The summed E-state index contributed by atoms with van der Waals surface area (Å²) in [6, 6.07) is 0. The Morgan fingerprint density at radius 3 is 1.65 bits per heavy atom. The Kier molecular flexibility index (Phi) is 10.8. The first kappa shape index (κ1) is 22.2. The summed E-state index contributed by atoms with van der Waals surface area (Å²) < 4.78 is 0. The van der Waals surface area contributed by atoms with Crippen LogP contribution >= 0.6 is 0 Å². The van der Waals surface area contributed by atoms with Gasteiger partial charge in [-0.3, -0.25) is 14.5 Å². The van der Waals surface area contributed by atoms with Crippen LogP contribution in [0, 0.1) is 77.0 Å². The van der Waals surface area contributed by atoms with Gasteiger partial charge in [-0.1, -0.05) is 26.7 Å². The second-order valence-corrected chi connectivity index (χ2v) is 5.99. The number of terminal acetylenes is 1. The van der Waals surface area contributed by atoms with Crippen molar-refractivity contribution in [2.45, 2.75) is 34.1 Å². The molecule has 0 fully saturated rings. The fraction of sp³-hybridized carbons (Fsp3) is 0.304. The number of hydrogen-bond acceptors (Lipinski definition) is 2. The summed E-state index contributed by atoms with van der Waals surface area (Å²) in [6.07, 6.45) is 8.35. The number of carbonyl (C=O) groups is 2. The quantitative estimate of drug-likeness (QED) is 0.569. The van der Waals surface area contributed by atoms with E-state index in [1.165, 1.54) is 17.1 Å². The molecule has 3 nitrogen and oxygen atoms in total. The molecular formula is C23H19NO2. The van der Waals surface area contributed by atoms with Crippen LogP contribution in [0.3, 0.4) is 0 Å². The van der Waals surface area contributed by atoms with Crippen LogP contribution in [0.4, 0.5) is 0 Å². The SMILES string of the molecule is C#CC#CC#CC#CC#CC#CC.CC(C)(C)CCN1C(=O)C=CC1=O. The zero-order valence-electron chi connectivity index (χ0n) is 15.4. The summed E-state index contributed by atoms with van der Waals surface area (Å²) in [4.78, 5) is 23.5. The molecule has 0 aromatic carbocycles. The van der Waals surface area contributed by atoms with Crippen LogP contribution in [0.2, 0.25) is 0 Å². The van der Waals surface area contributed by atoms with Gasteiger partial charge in [0.25, 0.3) is 11.8 Å². The molecule has 0 atom stereocenters. The van der Waals surface area contributed by atoms with E-state index in [0.29, 0.717) is 6.54 Å². The van der Waals surface area contributed by atoms with E-state index in [1.807, 2.05) is 0 Å². The van der Waals surface area contributed by atoms with Crippen molar-refractivity contribution < 1.29 is 9.59 Å². The number of nitrogens with zero attached hydrogens (tertiary/aromatic N) is 1. The van der Waals surface area contributed by atoms with E-state index in [9.17, 15) is 9.59 Å². The Morgan fingerprint density at radius 2 is 1.27 bits per heavy atom. The molecule has 0 unspecified atom stereocenters. The van der Waals surface area contributed by atoms with Crippen molar-refractivity contribution in [1.82, 2.24) is 4.90 Å². The molecule has 0 spiro atoms. The third-order valence-electron chi connectivity index (χ3n) is 2.68. The molecular weight excluding hydrogens is 322 g/mol. The average molecular weight is 341 g/mol. The van der Waals surface area contributed by atoms with E-state index in [4.69, 9.17) is 6.42 Å². The van der Waals surface area contributed by atoms with Crippen LogP contribution in [-0.2, 0) is 9.59 Å². The second kappa shape index (κ2) is 12.6. The molecule has 0 aromatic rings. The molecule has 0 aromatic heterocycles. The molecule has 3 heteroatoms. The number of hydrogen-bond donors (Lipinski definition) is 0. The van der Waals surface area contributed by atoms with Crippen molar-refractivity contribution in [3.05, 3.63) is 12.2 Å². The van der Waals surface area contributed by atoms with Crippen molar-refractivity contribution in [1.29, 1.82) is 0 Å². The molecule has 26 heavy (non-hydrogen) atoms. The normalized spacial score (nSPS) is 10.5. The largest absolute Gasteiger partial charge is 0.275 e. The number of amides is 2. The van der Waals surface area contributed by atoms with E-state index >= 15 is 0 Å². The van der Waals surface area contributed by atoms with Gasteiger partial charge in [0.2, 0.25) is 0 Å². The van der Waals surface area contributed by atoms with Crippen LogP contribution in [0.1, 0.15) is 34.1 Å². The lowest BCUT2D eigenvalue weighted by Crippen LogP contribution is -2.32. The summed E-state index contributed by atoms with van der Waals surface area (Å²) in [5.74, 6) is 26.6. The number of imide groups is 1. The minimum Gasteiger partial charge on any atom is -0.275 e. The first-order chi connectivity index (χ1) is 12.3. The van der Waals surface area contributed by atoms with Crippen LogP contribution in [-0.4, -0.2) is 23.3 Å². The lowest BCUT2D eigenvalue weighted by Gasteiger charge is -2.21. The first-order valence-corrected chi connectivity index (χ1v) is 7.72. The summed E-state index contributed by atoms with van der Waals surface area (Å²) in [6.45, 7) is 8.49. The molecule has 1 aliphatic rings. The molecule has 0 N–H and O–H groups in total. The second-order valence-electron chi connectivity index (χ2n) is 5.99. The van der Waals surface area contributed by atoms with Crippen molar-refractivity contribution in [2.24, 2.45) is 5.41 Å². The van der Waals surface area contributed by atoms with Gasteiger partial charge in [-0.05, 0) is 78.0 Å². The fourth-order valence-corrected chi connectivity index (χ4v) is 1.42. The maximum atomic E-state index is 11.1. The maximum absolute atomic E-state index is 11.1. The first-order valence-electron chi connectivity index (χ1n) is 7.72. The van der Waals surface area contributed by atoms with Crippen LogP contribution in [0.15, 0.2) is 12.2 Å². The van der Waals surface area contributed by atoms with Crippen molar-refractivity contribution >= 4 is 11.8 Å². The van der Waals surface area contributed by atoms with Gasteiger partial charge in [-0.25, -0.2) is 0 Å². The standard InChI is InChI=1S/C13H4.C10H15NO2/c1-3-5-7-9-11-13-12-10-8-6-4-2;1-10(2,3)6-7-11-8(12)4-5-9(11)13/h1H,2H3;4-5H,6-7H2,1-3H3. The van der Waals surface area contributed by atoms with Crippen LogP contribution < -0.4 is 0 Å². The van der Waals surface area contributed by atoms with Gasteiger partial charge >= 0.3 is 0 Å². The van der Waals surface area contributed by atoms with Crippen LogP contribution in [0.25, 0.3) is 0 Å². The summed E-state index contributed by atoms with van der Waals surface area (Å²) >= 11 is 0. The lowest BCUT2D eigenvalue weighted by atomic mass is 9.92. The third-order valence-corrected chi connectivity index (χ3v) is 2.68. The Labute approximate surface area is 156 Å². The van der Waals surface area contributed by atoms with Crippen molar-refractivity contribution in [3.63, 3.8) is 0 Å². The zero-order valence-corrected chi connectivity index (χ0v) is 15.4. The predicted molar refractivity (Wildman–Crippen MR) is 103 cm³/mol. The van der Waals surface area contributed by atoms with Gasteiger partial charge in [-0.15, -0.1) is 6.42 Å². The minimum absolute atomic E-state index is 0.156. The third kappa shape index (κ3) is 11.8. The van der Waals surface area contributed by atoms with Crippen molar-refractivity contribution in [2.75, 3.05) is 6.54 Å². The molecule has 1 rings (SSSR count). The molecule has 0 bridgehead atoms. The predicted octanol–water partition coefficient (Wildman–Crippen LogP) is 2.00. The van der Waals surface area contributed by atoms with Crippen LogP contribution in [0.5, 0.6) is 0 Å². The number of carbonyl (C=O) groups excluding carboxylic acids is 2. The maximum Gasteiger partial charge on any atom is 0.253 e. The summed E-state index contributed by atoms with van der Waals surface area (Å²) in [5.41, 5.74) is 0.156. The fourth-order valence-electron chi connectivity index (χ4n) is 1.42. The van der Waals surface area contributed by atoms with Gasteiger partial charge in [0.15, 0.2) is 0 Å². The smallest absolute Gasteiger partial charge is 0.253 e. The van der Waals surface area contributed by atoms with Gasteiger partial charge in [0.1, 0.15) is 0 Å². The highest BCUT2D eigenvalue weighted by atomic mass is 16.2. The molecule has 0 saturated carbocycles. The molecule has 1 aliphatic heterocycles. The molecule has 128 valence electrons. The molecule has 0 radical (unpaired) electrons. The van der Waals surface area contributed by atoms with Gasteiger partial charge in [0, 0.05) is 18.7 Å².